The van der Waals surface area contributed by atoms with Crippen molar-refractivity contribution in [3.8, 4) is 0 Å². The number of rotatable bonds is 1. The van der Waals surface area contributed by atoms with Crippen LogP contribution in [-0.2, 0) is 4.84 Å². The van der Waals surface area contributed by atoms with Gasteiger partial charge in [-0.15, -0.1) is 0 Å². The number of aromatic nitrogens is 2. The summed E-state index contributed by atoms with van der Waals surface area (Å²) in [6, 6.07) is 0. The molecule has 58 valence electrons. The topological polar surface area (TPSA) is 59.1 Å². The van der Waals surface area contributed by atoms with Crippen molar-refractivity contribution >= 4 is 0 Å². The monoisotopic (exact) mass is 152 g/mol. The van der Waals surface area contributed by atoms with Crippen molar-refractivity contribution in [1.29, 1.82) is 0 Å². The van der Waals surface area contributed by atoms with E-state index in [1.165, 1.54) is 0 Å². The third-order valence-electron chi connectivity index (χ3n) is 1.44. The Kier molecular flexibility index (Phi) is 1.76. The van der Waals surface area contributed by atoms with Crippen LogP contribution in [0.15, 0.2) is 18.6 Å². The lowest BCUT2D eigenvalue weighted by molar-refractivity contribution is 0.0866. The molecule has 0 saturated carbocycles. The first-order chi connectivity index (χ1) is 5.47. The standard InChI is InChI=1S/C6H8N4O/c1-2-8-5(3-7-1)6-9-4-11-10-6/h1-3,6,9-10H,4H2. The van der Waals surface area contributed by atoms with Gasteiger partial charge in [0.15, 0.2) is 0 Å². The number of hydroxylamine groups is 1. The Morgan fingerprint density at radius 3 is 3.18 bits per heavy atom. The van der Waals surface area contributed by atoms with Crippen LogP contribution in [0.2, 0.25) is 0 Å². The SMILES string of the molecule is c1cnc(C2NCON2)cn1. The van der Waals surface area contributed by atoms with Crippen molar-refractivity contribution in [2.45, 2.75) is 6.17 Å². The second kappa shape index (κ2) is 2.91. The van der Waals surface area contributed by atoms with Gasteiger partial charge >= 0.3 is 0 Å². The number of hydrogen-bond acceptors (Lipinski definition) is 5. The van der Waals surface area contributed by atoms with Gasteiger partial charge in [0, 0.05) is 12.4 Å². The summed E-state index contributed by atoms with van der Waals surface area (Å²) in [5, 5.41) is 3.04. The quantitative estimate of drug-likeness (QED) is 0.571. The maximum Gasteiger partial charge on any atom is 0.127 e. The molecule has 5 nitrogen and oxygen atoms in total. The van der Waals surface area contributed by atoms with Crippen molar-refractivity contribution in [3.63, 3.8) is 0 Å². The normalized spacial score (nSPS) is 23.8. The van der Waals surface area contributed by atoms with Gasteiger partial charge < -0.3 is 0 Å². The highest BCUT2D eigenvalue weighted by Gasteiger charge is 2.16. The summed E-state index contributed by atoms with van der Waals surface area (Å²) in [6.45, 7) is 0.501. The molecule has 5 heteroatoms. The van der Waals surface area contributed by atoms with E-state index < -0.39 is 0 Å². The second-order valence-electron chi connectivity index (χ2n) is 2.17. The Hall–Kier alpha value is -1.04. The summed E-state index contributed by atoms with van der Waals surface area (Å²) in [4.78, 5) is 12.9. The lowest BCUT2D eigenvalue weighted by Gasteiger charge is -2.05. The van der Waals surface area contributed by atoms with Gasteiger partial charge in [-0.2, -0.15) is 5.48 Å². The second-order valence-corrected chi connectivity index (χ2v) is 2.17. The van der Waals surface area contributed by atoms with Crippen molar-refractivity contribution in [3.05, 3.63) is 24.3 Å². The maximum atomic E-state index is 4.88. The molecular formula is C6H8N4O. The summed E-state index contributed by atoms with van der Waals surface area (Å²) in [6.07, 6.45) is 4.96. The minimum Gasteiger partial charge on any atom is -0.284 e. The average Bonchev–Trinajstić information content (AvgIpc) is 2.58. The first-order valence-corrected chi connectivity index (χ1v) is 3.33. The van der Waals surface area contributed by atoms with E-state index in [0.29, 0.717) is 6.73 Å². The first-order valence-electron chi connectivity index (χ1n) is 3.33. The van der Waals surface area contributed by atoms with E-state index in [1.807, 2.05) is 0 Å². The van der Waals surface area contributed by atoms with Crippen LogP contribution in [0.5, 0.6) is 0 Å². The highest BCUT2D eigenvalue weighted by Crippen LogP contribution is 2.06. The summed E-state index contributed by atoms with van der Waals surface area (Å²) in [5.74, 6) is 0. The van der Waals surface area contributed by atoms with E-state index in [9.17, 15) is 0 Å². The maximum absolute atomic E-state index is 4.88. The molecule has 11 heavy (non-hydrogen) atoms. The fourth-order valence-corrected chi connectivity index (χ4v) is 0.916. The zero-order valence-electron chi connectivity index (χ0n) is 5.82. The predicted octanol–water partition coefficient (Wildman–Crippen LogP) is -0.443. The van der Waals surface area contributed by atoms with E-state index in [1.54, 1.807) is 18.6 Å². The molecule has 1 atom stereocenters. The minimum atomic E-state index is -0.0244. The Balaban J connectivity index is 2.16. The molecule has 0 radical (unpaired) electrons. The predicted molar refractivity (Wildman–Crippen MR) is 37.0 cm³/mol. The first kappa shape index (κ1) is 6.66. The Labute approximate surface area is 63.8 Å². The zero-order chi connectivity index (χ0) is 7.52. The molecule has 1 aromatic heterocycles. The molecule has 1 fully saturated rings. The van der Waals surface area contributed by atoms with Crippen LogP contribution >= 0.6 is 0 Å². The molecular weight excluding hydrogens is 144 g/mol. The van der Waals surface area contributed by atoms with Gasteiger partial charge in [0.1, 0.15) is 12.9 Å². The summed E-state index contributed by atoms with van der Waals surface area (Å²) >= 11 is 0. The number of hydrogen-bond donors (Lipinski definition) is 2. The van der Waals surface area contributed by atoms with Gasteiger partial charge in [-0.3, -0.25) is 20.1 Å². The zero-order valence-corrected chi connectivity index (χ0v) is 5.82. The van der Waals surface area contributed by atoms with Crippen LogP contribution in [0.3, 0.4) is 0 Å². The van der Waals surface area contributed by atoms with Gasteiger partial charge in [0.2, 0.25) is 0 Å². The van der Waals surface area contributed by atoms with Gasteiger partial charge in [-0.25, -0.2) is 0 Å². The van der Waals surface area contributed by atoms with E-state index in [-0.39, 0.29) is 6.17 Å². The van der Waals surface area contributed by atoms with E-state index in [4.69, 9.17) is 4.84 Å². The molecule has 0 aliphatic carbocycles. The van der Waals surface area contributed by atoms with Crippen LogP contribution in [-0.4, -0.2) is 16.7 Å². The van der Waals surface area contributed by atoms with Crippen LogP contribution in [0.1, 0.15) is 11.9 Å². The van der Waals surface area contributed by atoms with Crippen molar-refractivity contribution < 1.29 is 4.84 Å². The third-order valence-corrected chi connectivity index (χ3v) is 1.44. The molecule has 0 amide bonds. The van der Waals surface area contributed by atoms with E-state index >= 15 is 0 Å². The smallest absolute Gasteiger partial charge is 0.127 e. The van der Waals surface area contributed by atoms with Gasteiger partial charge in [0.25, 0.3) is 0 Å². The molecule has 1 saturated heterocycles. The van der Waals surface area contributed by atoms with Crippen LogP contribution in [0.4, 0.5) is 0 Å². The molecule has 2 heterocycles. The largest absolute Gasteiger partial charge is 0.284 e. The van der Waals surface area contributed by atoms with Gasteiger partial charge in [-0.1, -0.05) is 0 Å². The fraction of sp³-hybridized carbons (Fsp3) is 0.333. The molecule has 1 aromatic rings. The third kappa shape index (κ3) is 1.35. The van der Waals surface area contributed by atoms with Gasteiger partial charge in [-0.05, 0) is 0 Å². The molecule has 1 aliphatic heterocycles. The number of nitrogens with zero attached hydrogens (tertiary/aromatic N) is 2. The Morgan fingerprint density at radius 1 is 1.55 bits per heavy atom. The fourth-order valence-electron chi connectivity index (χ4n) is 0.916. The molecule has 2 N–H and O–H groups in total. The van der Waals surface area contributed by atoms with Gasteiger partial charge in [0.05, 0.1) is 11.9 Å². The lowest BCUT2D eigenvalue weighted by Crippen LogP contribution is -2.22. The highest BCUT2D eigenvalue weighted by atomic mass is 16.7. The van der Waals surface area contributed by atoms with E-state index in [2.05, 4.69) is 20.8 Å². The Bertz CT molecular complexity index is 221. The average molecular weight is 152 g/mol. The summed E-state index contributed by atoms with van der Waals surface area (Å²) in [7, 11) is 0. The van der Waals surface area contributed by atoms with E-state index in [0.717, 1.165) is 5.69 Å². The molecule has 1 unspecified atom stereocenters. The molecule has 1 aliphatic rings. The van der Waals surface area contributed by atoms with Crippen LogP contribution in [0.25, 0.3) is 0 Å². The highest BCUT2D eigenvalue weighted by molar-refractivity contribution is 5.00. The molecule has 0 bridgehead atoms. The molecule has 0 aromatic carbocycles. The van der Waals surface area contributed by atoms with Crippen molar-refractivity contribution in [2.24, 2.45) is 0 Å². The number of nitrogens with one attached hydrogen (secondary N) is 2. The minimum absolute atomic E-state index is 0.0244. The molecule has 2 rings (SSSR count). The molecule has 0 spiro atoms. The van der Waals surface area contributed by atoms with Crippen molar-refractivity contribution in [2.75, 3.05) is 6.73 Å². The summed E-state index contributed by atoms with van der Waals surface area (Å²) < 4.78 is 0. The van der Waals surface area contributed by atoms with Crippen LogP contribution in [0, 0.1) is 0 Å². The van der Waals surface area contributed by atoms with Crippen molar-refractivity contribution in [1.82, 2.24) is 20.8 Å². The lowest BCUT2D eigenvalue weighted by atomic mass is 10.4. The summed E-state index contributed by atoms with van der Waals surface area (Å²) in [5.41, 5.74) is 3.60. The van der Waals surface area contributed by atoms with Crippen LogP contribution < -0.4 is 10.8 Å². The Morgan fingerprint density at radius 2 is 2.55 bits per heavy atom.